The van der Waals surface area contributed by atoms with Crippen LogP contribution in [-0.4, -0.2) is 23.8 Å². The number of hydrogen-bond donors (Lipinski definition) is 0. The maximum absolute atomic E-state index is 11.9. The number of nitro groups is 1. The van der Waals surface area contributed by atoms with Gasteiger partial charge in [-0.25, -0.2) is 0 Å². The highest BCUT2D eigenvalue weighted by molar-refractivity contribution is 7.99. The molecule has 7 heteroatoms. The van der Waals surface area contributed by atoms with Crippen molar-refractivity contribution in [3.63, 3.8) is 0 Å². The van der Waals surface area contributed by atoms with E-state index in [0.717, 1.165) is 4.90 Å². The lowest BCUT2D eigenvalue weighted by atomic mass is 10.3. The fourth-order valence-electron chi connectivity index (χ4n) is 1.80. The number of carbonyl (C=O) groups is 1. The summed E-state index contributed by atoms with van der Waals surface area (Å²) in [7, 11) is 1.41. The van der Waals surface area contributed by atoms with E-state index in [1.807, 2.05) is 30.3 Å². The second kappa shape index (κ2) is 8.19. The normalized spacial score (nSPS) is 10.1. The van der Waals surface area contributed by atoms with Crippen LogP contribution in [0.3, 0.4) is 0 Å². The third kappa shape index (κ3) is 5.00. The number of rotatable bonds is 7. The van der Waals surface area contributed by atoms with E-state index in [1.165, 1.54) is 37.1 Å². The zero-order valence-electron chi connectivity index (χ0n) is 12.4. The second-order valence-electron chi connectivity index (χ2n) is 4.48. The Labute approximate surface area is 137 Å². The molecule has 0 aromatic heterocycles. The molecule has 0 saturated heterocycles. The molecule has 0 unspecified atom stereocenters. The van der Waals surface area contributed by atoms with Gasteiger partial charge >= 0.3 is 5.97 Å². The van der Waals surface area contributed by atoms with Crippen LogP contribution in [0.4, 0.5) is 5.69 Å². The van der Waals surface area contributed by atoms with Gasteiger partial charge in [-0.2, -0.15) is 0 Å². The van der Waals surface area contributed by atoms with Gasteiger partial charge in [0.15, 0.2) is 11.5 Å². The summed E-state index contributed by atoms with van der Waals surface area (Å²) in [5, 5.41) is 10.8. The lowest BCUT2D eigenvalue weighted by Crippen LogP contribution is -2.09. The number of benzene rings is 2. The zero-order valence-corrected chi connectivity index (χ0v) is 13.2. The van der Waals surface area contributed by atoms with Crippen molar-refractivity contribution < 1.29 is 19.2 Å². The van der Waals surface area contributed by atoms with E-state index in [9.17, 15) is 14.9 Å². The molecule has 0 spiro atoms. The lowest BCUT2D eigenvalue weighted by molar-refractivity contribution is -0.384. The van der Waals surface area contributed by atoms with Gasteiger partial charge in [-0.1, -0.05) is 18.2 Å². The molecule has 0 atom stereocenters. The smallest absolute Gasteiger partial charge is 0.312 e. The number of nitro benzene ring substituents is 1. The second-order valence-corrected chi connectivity index (χ2v) is 5.65. The van der Waals surface area contributed by atoms with Crippen molar-refractivity contribution in [3.05, 3.63) is 58.6 Å². The average Bonchev–Trinajstić information content (AvgIpc) is 2.55. The van der Waals surface area contributed by atoms with Gasteiger partial charge in [0.25, 0.3) is 5.69 Å². The van der Waals surface area contributed by atoms with Gasteiger partial charge in [0.1, 0.15) is 0 Å². The minimum absolute atomic E-state index is 0.0522. The molecule has 0 bridgehead atoms. The van der Waals surface area contributed by atoms with Crippen LogP contribution in [-0.2, 0) is 4.79 Å². The SMILES string of the molecule is COc1ccc([N+](=O)[O-])cc1OC(=O)CCSc1ccccc1. The minimum atomic E-state index is -0.554. The van der Waals surface area contributed by atoms with Gasteiger partial charge in [0.05, 0.1) is 24.5 Å². The van der Waals surface area contributed by atoms with Gasteiger partial charge in [-0.05, 0) is 18.2 Å². The van der Waals surface area contributed by atoms with Crippen LogP contribution in [0.25, 0.3) is 0 Å². The third-order valence-electron chi connectivity index (χ3n) is 2.90. The highest BCUT2D eigenvalue weighted by Crippen LogP contribution is 2.31. The Kier molecular flexibility index (Phi) is 5.99. The van der Waals surface area contributed by atoms with Gasteiger partial charge in [0, 0.05) is 16.7 Å². The topological polar surface area (TPSA) is 78.7 Å². The molecular formula is C16H15NO5S. The number of ether oxygens (including phenoxy) is 2. The summed E-state index contributed by atoms with van der Waals surface area (Å²) < 4.78 is 10.2. The molecule has 0 radical (unpaired) electrons. The highest BCUT2D eigenvalue weighted by Gasteiger charge is 2.15. The van der Waals surface area contributed by atoms with E-state index in [2.05, 4.69) is 0 Å². The van der Waals surface area contributed by atoms with Crippen molar-refractivity contribution in [2.45, 2.75) is 11.3 Å². The van der Waals surface area contributed by atoms with E-state index in [0.29, 0.717) is 5.75 Å². The fourth-order valence-corrected chi connectivity index (χ4v) is 2.66. The quantitative estimate of drug-likeness (QED) is 0.253. The molecule has 0 saturated carbocycles. The van der Waals surface area contributed by atoms with E-state index in [4.69, 9.17) is 9.47 Å². The van der Waals surface area contributed by atoms with Crippen LogP contribution >= 0.6 is 11.8 Å². The highest BCUT2D eigenvalue weighted by atomic mass is 32.2. The Bertz CT molecular complexity index is 690. The molecule has 0 amide bonds. The van der Waals surface area contributed by atoms with Gasteiger partial charge in [0.2, 0.25) is 0 Å². The first-order valence-corrected chi connectivity index (χ1v) is 7.79. The van der Waals surface area contributed by atoms with E-state index in [1.54, 1.807) is 0 Å². The Balaban J connectivity index is 1.94. The average molecular weight is 333 g/mol. The van der Waals surface area contributed by atoms with Crippen molar-refractivity contribution in [3.8, 4) is 11.5 Å². The molecule has 0 N–H and O–H groups in total. The van der Waals surface area contributed by atoms with Crippen LogP contribution in [0, 0.1) is 10.1 Å². The molecular weight excluding hydrogens is 318 g/mol. The van der Waals surface area contributed by atoms with E-state index >= 15 is 0 Å². The number of carbonyl (C=O) groups excluding carboxylic acids is 1. The first-order chi connectivity index (χ1) is 11.1. The fraction of sp³-hybridized carbons (Fsp3) is 0.188. The van der Waals surface area contributed by atoms with Crippen molar-refractivity contribution >= 4 is 23.4 Å². The largest absolute Gasteiger partial charge is 0.493 e. The van der Waals surface area contributed by atoms with Crippen LogP contribution in [0.2, 0.25) is 0 Å². The monoisotopic (exact) mass is 333 g/mol. The number of esters is 1. The van der Waals surface area contributed by atoms with E-state index in [-0.39, 0.29) is 23.6 Å². The summed E-state index contributed by atoms with van der Waals surface area (Å²) in [6.45, 7) is 0. The molecule has 23 heavy (non-hydrogen) atoms. The van der Waals surface area contributed by atoms with Crippen LogP contribution < -0.4 is 9.47 Å². The van der Waals surface area contributed by atoms with E-state index < -0.39 is 10.9 Å². The number of hydrogen-bond acceptors (Lipinski definition) is 6. The van der Waals surface area contributed by atoms with Crippen molar-refractivity contribution in [1.29, 1.82) is 0 Å². The van der Waals surface area contributed by atoms with Crippen LogP contribution in [0.1, 0.15) is 6.42 Å². The predicted octanol–water partition coefficient (Wildman–Crippen LogP) is 3.69. The molecule has 0 aliphatic rings. The van der Waals surface area contributed by atoms with Gasteiger partial charge in [-0.15, -0.1) is 11.8 Å². The Morgan fingerprint density at radius 3 is 2.57 bits per heavy atom. The standard InChI is InChI=1S/C16H15NO5S/c1-21-14-8-7-12(17(19)20)11-15(14)22-16(18)9-10-23-13-5-3-2-4-6-13/h2-8,11H,9-10H2,1H3. The van der Waals surface area contributed by atoms with Crippen LogP contribution in [0.15, 0.2) is 53.4 Å². The summed E-state index contributed by atoms with van der Waals surface area (Å²) in [6.07, 6.45) is 0.186. The summed E-state index contributed by atoms with van der Waals surface area (Å²) in [5.74, 6) is 0.420. The van der Waals surface area contributed by atoms with Crippen molar-refractivity contribution in [1.82, 2.24) is 0 Å². The molecule has 2 rings (SSSR count). The molecule has 2 aromatic rings. The Morgan fingerprint density at radius 2 is 1.91 bits per heavy atom. The Hall–Kier alpha value is -2.54. The molecule has 0 heterocycles. The summed E-state index contributed by atoms with van der Waals surface area (Å²) >= 11 is 1.54. The van der Waals surface area contributed by atoms with Gasteiger partial charge in [-0.3, -0.25) is 14.9 Å². The molecule has 0 aliphatic carbocycles. The maximum Gasteiger partial charge on any atom is 0.312 e. The molecule has 120 valence electrons. The molecule has 2 aromatic carbocycles. The number of non-ortho nitro benzene ring substituents is 1. The van der Waals surface area contributed by atoms with Crippen molar-refractivity contribution in [2.75, 3.05) is 12.9 Å². The minimum Gasteiger partial charge on any atom is -0.493 e. The number of nitrogens with zero attached hydrogens (tertiary/aromatic N) is 1. The molecule has 0 aliphatic heterocycles. The summed E-state index contributed by atoms with van der Waals surface area (Å²) in [5.41, 5.74) is -0.160. The lowest BCUT2D eigenvalue weighted by Gasteiger charge is -2.08. The predicted molar refractivity (Wildman–Crippen MR) is 87.1 cm³/mol. The van der Waals surface area contributed by atoms with Gasteiger partial charge < -0.3 is 9.47 Å². The number of methoxy groups -OCH3 is 1. The molecule has 0 fully saturated rings. The zero-order chi connectivity index (χ0) is 16.7. The Morgan fingerprint density at radius 1 is 1.17 bits per heavy atom. The maximum atomic E-state index is 11.9. The number of thioether (sulfide) groups is 1. The third-order valence-corrected chi connectivity index (χ3v) is 3.91. The first kappa shape index (κ1) is 16.8. The van der Waals surface area contributed by atoms with Crippen molar-refractivity contribution in [2.24, 2.45) is 0 Å². The van der Waals surface area contributed by atoms with Crippen LogP contribution in [0.5, 0.6) is 11.5 Å². The summed E-state index contributed by atoms with van der Waals surface area (Å²) in [6, 6.07) is 13.6. The first-order valence-electron chi connectivity index (χ1n) is 6.81. The molecule has 6 nitrogen and oxygen atoms in total. The summed E-state index contributed by atoms with van der Waals surface area (Å²) in [4.78, 5) is 23.2.